The molecule has 1 fully saturated rings. The average Bonchev–Trinajstić information content (AvgIpc) is 3.46. The summed E-state index contributed by atoms with van der Waals surface area (Å²) in [5, 5.41) is 29.3. The Morgan fingerprint density at radius 2 is 1.87 bits per heavy atom. The number of aliphatic hydroxyl groups excluding tert-OH is 3. The molecule has 15 heteroatoms. The lowest BCUT2D eigenvalue weighted by molar-refractivity contribution is -0.765. The average molecular weight is 535 g/mol. The van der Waals surface area contributed by atoms with Gasteiger partial charge in [0.1, 0.15) is 24.3 Å². The summed E-state index contributed by atoms with van der Waals surface area (Å²) in [6, 6.07) is 3.04. The van der Waals surface area contributed by atoms with Crippen LogP contribution in [0.15, 0.2) is 40.4 Å². The minimum Gasteiger partial charge on any atom is -0.464 e. The highest BCUT2D eigenvalue weighted by molar-refractivity contribution is 5.88. The molecule has 3 aromatic heterocycles. The minimum absolute atomic E-state index is 0.0490. The van der Waals surface area contributed by atoms with Crippen molar-refractivity contribution in [2.75, 3.05) is 19.8 Å². The summed E-state index contributed by atoms with van der Waals surface area (Å²) in [5.74, 6) is -1.31. The van der Waals surface area contributed by atoms with Crippen molar-refractivity contribution in [3.63, 3.8) is 0 Å². The second-order valence-electron chi connectivity index (χ2n) is 8.73. The van der Waals surface area contributed by atoms with Gasteiger partial charge in [0.2, 0.25) is 0 Å². The highest BCUT2D eigenvalue weighted by atomic mass is 16.6. The first-order valence-electron chi connectivity index (χ1n) is 11.7. The number of pyridine rings is 1. The number of esters is 2. The molecule has 1 aliphatic rings. The van der Waals surface area contributed by atoms with Crippen molar-refractivity contribution in [1.29, 1.82) is 0 Å². The number of nitrogens with zero attached hydrogens (tertiary/aromatic N) is 5. The second-order valence-corrected chi connectivity index (χ2v) is 8.73. The fraction of sp³-hybridized carbons (Fsp3) is 0.478. The van der Waals surface area contributed by atoms with Gasteiger partial charge in [0, 0.05) is 26.6 Å². The predicted octanol–water partition coefficient (Wildman–Crippen LogP) is -2.88. The number of imidazole rings is 1. The summed E-state index contributed by atoms with van der Waals surface area (Å²) in [7, 11) is 2.80. The van der Waals surface area contributed by atoms with Gasteiger partial charge < -0.3 is 34.1 Å². The van der Waals surface area contributed by atoms with E-state index < -0.39 is 54.3 Å². The molecule has 1 aliphatic heterocycles. The third kappa shape index (κ3) is 5.22. The van der Waals surface area contributed by atoms with Crippen molar-refractivity contribution in [3.8, 4) is 0 Å². The van der Waals surface area contributed by atoms with E-state index in [9.17, 15) is 34.5 Å². The summed E-state index contributed by atoms with van der Waals surface area (Å²) in [5.41, 5.74) is -0.712. The molecule has 0 amide bonds. The van der Waals surface area contributed by atoms with E-state index in [1.807, 2.05) is 0 Å². The Hall–Kier alpha value is -3.92. The van der Waals surface area contributed by atoms with E-state index in [4.69, 9.17) is 14.2 Å². The maximum Gasteiger partial charge on any atom is 0.344 e. The van der Waals surface area contributed by atoms with Crippen molar-refractivity contribution < 1.29 is 43.7 Å². The van der Waals surface area contributed by atoms with Crippen LogP contribution in [0.1, 0.15) is 23.0 Å². The van der Waals surface area contributed by atoms with E-state index in [1.54, 1.807) is 0 Å². The Morgan fingerprint density at radius 1 is 1.13 bits per heavy atom. The van der Waals surface area contributed by atoms with Crippen molar-refractivity contribution >= 4 is 23.1 Å². The Bertz CT molecular complexity index is 1460. The fourth-order valence-electron chi connectivity index (χ4n) is 4.09. The molecular weight excluding hydrogens is 506 g/mol. The Morgan fingerprint density at radius 3 is 2.58 bits per heavy atom. The van der Waals surface area contributed by atoms with Gasteiger partial charge in [-0.25, -0.2) is 14.6 Å². The number of hydrogen-bond donors (Lipinski definition) is 3. The number of rotatable bonds is 9. The Kier molecular flexibility index (Phi) is 8.01. The monoisotopic (exact) mass is 534 g/mol. The van der Waals surface area contributed by atoms with Gasteiger partial charge in [0.05, 0.1) is 26.1 Å². The molecule has 4 heterocycles. The second kappa shape index (κ2) is 11.2. The Labute approximate surface area is 214 Å². The minimum atomic E-state index is -1.30. The van der Waals surface area contributed by atoms with E-state index in [0.29, 0.717) is 0 Å². The lowest BCUT2D eigenvalue weighted by Crippen LogP contribution is -2.46. The molecule has 0 bridgehead atoms. The smallest absolute Gasteiger partial charge is 0.344 e. The molecule has 15 nitrogen and oxygen atoms in total. The van der Waals surface area contributed by atoms with E-state index in [1.165, 1.54) is 58.7 Å². The molecular formula is C23H28N5O10+. The highest BCUT2D eigenvalue weighted by Gasteiger charge is 2.48. The van der Waals surface area contributed by atoms with Crippen molar-refractivity contribution in [3.05, 3.63) is 57.3 Å². The maximum atomic E-state index is 12.4. The van der Waals surface area contributed by atoms with Crippen LogP contribution in [0.25, 0.3) is 11.2 Å². The van der Waals surface area contributed by atoms with Gasteiger partial charge in [0.25, 0.3) is 11.8 Å². The van der Waals surface area contributed by atoms with Gasteiger partial charge in [-0.15, -0.1) is 0 Å². The molecule has 0 saturated carbocycles. The Balaban J connectivity index is 1.26. The summed E-state index contributed by atoms with van der Waals surface area (Å²) >= 11 is 0. The number of aromatic nitrogens is 5. The predicted molar refractivity (Wildman–Crippen MR) is 126 cm³/mol. The van der Waals surface area contributed by atoms with Crippen LogP contribution >= 0.6 is 0 Å². The molecule has 0 unspecified atom stereocenters. The zero-order valence-electron chi connectivity index (χ0n) is 20.7. The van der Waals surface area contributed by atoms with Gasteiger partial charge in [-0.05, 0) is 6.07 Å². The molecule has 4 atom stereocenters. The topological polar surface area (TPSA) is 188 Å². The van der Waals surface area contributed by atoms with E-state index in [0.717, 1.165) is 4.57 Å². The van der Waals surface area contributed by atoms with Crippen LogP contribution < -0.4 is 15.8 Å². The third-order valence-electron chi connectivity index (χ3n) is 6.17. The number of ether oxygens (including phenoxy) is 3. The molecule has 0 aromatic carbocycles. The number of aryl methyl sites for hydroxylation is 1. The normalized spacial score (nSPS) is 21.1. The van der Waals surface area contributed by atoms with E-state index >= 15 is 0 Å². The number of carbonyl (C=O) groups excluding carboxylic acids is 2. The van der Waals surface area contributed by atoms with E-state index in [2.05, 4.69) is 4.98 Å². The number of carbonyl (C=O) groups is 2. The van der Waals surface area contributed by atoms with Gasteiger partial charge in [-0.3, -0.25) is 18.7 Å². The molecule has 0 spiro atoms. The third-order valence-corrected chi connectivity index (χ3v) is 6.17. The quantitative estimate of drug-likeness (QED) is 0.145. The fourth-order valence-corrected chi connectivity index (χ4v) is 4.09. The standard InChI is InChI=1S/C23H28N5O10/c1-25-19-16(20(33)26(2)23(25)35)28(12-24-19)10-15(30)36-7-4-8-37-22(34)13-5-3-6-27(9-13)21-18(32)17(31)14(11-29)38-21/h3,5-6,9,12,14,17-18,21,29,31-32H,4,7-8,10-11H2,1-2H3/q+1/t14-,17-,18-,21-/m1/s1. The van der Waals surface area contributed by atoms with Crippen LogP contribution in [-0.2, 0) is 39.6 Å². The largest absolute Gasteiger partial charge is 0.464 e. The van der Waals surface area contributed by atoms with Crippen LogP contribution in [0.5, 0.6) is 0 Å². The molecule has 0 radical (unpaired) electrons. The van der Waals surface area contributed by atoms with Crippen molar-refractivity contribution in [1.82, 2.24) is 18.7 Å². The number of fused-ring (bicyclic) bond motifs is 1. The highest BCUT2D eigenvalue weighted by Crippen LogP contribution is 2.25. The van der Waals surface area contributed by atoms with Crippen molar-refractivity contribution in [2.45, 2.75) is 37.5 Å². The van der Waals surface area contributed by atoms with Crippen LogP contribution in [0.3, 0.4) is 0 Å². The van der Waals surface area contributed by atoms with Crippen LogP contribution in [0.4, 0.5) is 0 Å². The summed E-state index contributed by atoms with van der Waals surface area (Å²) < 4.78 is 20.6. The lowest BCUT2D eigenvalue weighted by atomic mass is 10.1. The summed E-state index contributed by atoms with van der Waals surface area (Å²) in [4.78, 5) is 53.2. The first-order valence-corrected chi connectivity index (χ1v) is 11.7. The zero-order valence-corrected chi connectivity index (χ0v) is 20.7. The first kappa shape index (κ1) is 27.1. The van der Waals surface area contributed by atoms with Gasteiger partial charge >= 0.3 is 17.6 Å². The number of hydrogen-bond acceptors (Lipinski definition) is 11. The van der Waals surface area contributed by atoms with E-state index in [-0.39, 0.29) is 42.9 Å². The van der Waals surface area contributed by atoms with Gasteiger partial charge in [-0.2, -0.15) is 4.57 Å². The van der Waals surface area contributed by atoms with Crippen LogP contribution in [0, 0.1) is 0 Å². The maximum absolute atomic E-state index is 12.4. The lowest BCUT2D eigenvalue weighted by Gasteiger charge is -2.10. The molecule has 38 heavy (non-hydrogen) atoms. The summed E-state index contributed by atoms with van der Waals surface area (Å²) in [6.07, 6.45) is -0.107. The molecule has 0 aliphatic carbocycles. The van der Waals surface area contributed by atoms with Crippen molar-refractivity contribution in [2.24, 2.45) is 14.1 Å². The molecule has 4 rings (SSSR count). The van der Waals surface area contributed by atoms with Crippen LogP contribution in [0.2, 0.25) is 0 Å². The van der Waals surface area contributed by atoms with Crippen LogP contribution in [-0.4, -0.2) is 84.1 Å². The SMILES string of the molecule is Cn1c(=O)c2c(ncn2CC(=O)OCCCOC(=O)c2ccc[n+]([C@@H]3O[C@H](CO)[C@@H](O)[C@H]3O)c2)n(C)c1=O. The van der Waals surface area contributed by atoms with Gasteiger partial charge in [0.15, 0.2) is 29.7 Å². The zero-order chi connectivity index (χ0) is 27.6. The van der Waals surface area contributed by atoms with Gasteiger partial charge in [-0.1, -0.05) is 0 Å². The molecule has 3 N–H and O–H groups in total. The molecule has 3 aromatic rings. The molecule has 204 valence electrons. The number of aliphatic hydroxyl groups is 3. The first-order chi connectivity index (χ1) is 18.1. The summed E-state index contributed by atoms with van der Waals surface area (Å²) in [6.45, 7) is -0.868. The molecule has 1 saturated heterocycles.